The van der Waals surface area contributed by atoms with E-state index in [1.165, 1.54) is 0 Å². The molecule has 1 aromatic carbocycles. The van der Waals surface area contributed by atoms with E-state index >= 15 is 0 Å². The summed E-state index contributed by atoms with van der Waals surface area (Å²) in [5.41, 5.74) is -0.621. The molecule has 0 aliphatic carbocycles. The first-order valence-electron chi connectivity index (χ1n) is 6.51. The molecule has 1 unspecified atom stereocenters. The number of nitrogens with one attached hydrogen (secondary N) is 2. The number of amides is 1. The first kappa shape index (κ1) is 14.4. The van der Waals surface area contributed by atoms with Crippen molar-refractivity contribution in [2.75, 3.05) is 19.6 Å². The van der Waals surface area contributed by atoms with Gasteiger partial charge in [0.1, 0.15) is 11.4 Å². The molecule has 1 aliphatic rings. The molecule has 1 heterocycles. The minimum Gasteiger partial charge on any atom is -0.351 e. The Bertz CT molecular complexity index is 516. The predicted molar refractivity (Wildman–Crippen MR) is 71.0 cm³/mol. The Labute approximate surface area is 115 Å². The molecule has 0 saturated carbocycles. The average molecular weight is 281 g/mol. The van der Waals surface area contributed by atoms with Gasteiger partial charge in [0.25, 0.3) is 11.6 Å². The molecule has 7 heteroatoms. The van der Waals surface area contributed by atoms with Crippen LogP contribution in [-0.4, -0.2) is 30.5 Å². The van der Waals surface area contributed by atoms with Crippen LogP contribution in [0.4, 0.5) is 10.1 Å². The fourth-order valence-corrected chi connectivity index (χ4v) is 2.28. The summed E-state index contributed by atoms with van der Waals surface area (Å²) < 4.78 is 13.2. The molecule has 108 valence electrons. The number of nitro benzene ring substituents is 1. The summed E-state index contributed by atoms with van der Waals surface area (Å²) in [5, 5.41) is 16.7. The molecule has 0 radical (unpaired) electrons. The van der Waals surface area contributed by atoms with Crippen LogP contribution in [0.3, 0.4) is 0 Å². The summed E-state index contributed by atoms with van der Waals surface area (Å²) in [6, 6.07) is 2.87. The second-order valence-electron chi connectivity index (χ2n) is 4.84. The maximum Gasteiger partial charge on any atom is 0.282 e. The third-order valence-corrected chi connectivity index (χ3v) is 3.35. The van der Waals surface area contributed by atoms with Crippen molar-refractivity contribution >= 4 is 11.6 Å². The van der Waals surface area contributed by atoms with Crippen molar-refractivity contribution < 1.29 is 14.1 Å². The van der Waals surface area contributed by atoms with Crippen LogP contribution in [0.5, 0.6) is 0 Å². The number of piperidine rings is 1. The Kier molecular flexibility index (Phi) is 4.62. The Morgan fingerprint density at radius 2 is 2.35 bits per heavy atom. The lowest BCUT2D eigenvalue weighted by atomic mass is 9.99. The van der Waals surface area contributed by atoms with Gasteiger partial charge in [0.15, 0.2) is 0 Å². The molecule has 1 aromatic rings. The molecule has 20 heavy (non-hydrogen) atoms. The summed E-state index contributed by atoms with van der Waals surface area (Å²) in [6.07, 6.45) is 2.04. The highest BCUT2D eigenvalue weighted by Gasteiger charge is 2.22. The Hall–Kier alpha value is -2.02. The number of benzene rings is 1. The Morgan fingerprint density at radius 3 is 3.00 bits per heavy atom. The predicted octanol–water partition coefficient (Wildman–Crippen LogP) is 1.46. The summed E-state index contributed by atoms with van der Waals surface area (Å²) in [7, 11) is 0. The zero-order chi connectivity index (χ0) is 14.5. The minimum atomic E-state index is -0.684. The fraction of sp³-hybridized carbons (Fsp3) is 0.462. The van der Waals surface area contributed by atoms with Crippen LogP contribution in [0.25, 0.3) is 0 Å². The van der Waals surface area contributed by atoms with Gasteiger partial charge in [0.05, 0.1) is 4.92 Å². The van der Waals surface area contributed by atoms with E-state index in [9.17, 15) is 19.3 Å². The van der Waals surface area contributed by atoms with Gasteiger partial charge in [-0.05, 0) is 44.0 Å². The smallest absolute Gasteiger partial charge is 0.282 e. The van der Waals surface area contributed by atoms with E-state index in [0.29, 0.717) is 12.5 Å². The molecular weight excluding hydrogens is 265 g/mol. The van der Waals surface area contributed by atoms with Crippen LogP contribution >= 0.6 is 0 Å². The molecule has 1 aliphatic heterocycles. The highest BCUT2D eigenvalue weighted by atomic mass is 19.1. The van der Waals surface area contributed by atoms with E-state index in [4.69, 9.17) is 0 Å². The molecular formula is C13H16FN3O3. The van der Waals surface area contributed by atoms with E-state index in [-0.39, 0.29) is 11.3 Å². The van der Waals surface area contributed by atoms with Crippen LogP contribution in [-0.2, 0) is 0 Å². The lowest BCUT2D eigenvalue weighted by molar-refractivity contribution is -0.385. The maximum atomic E-state index is 13.2. The topological polar surface area (TPSA) is 84.3 Å². The zero-order valence-corrected chi connectivity index (χ0v) is 10.9. The number of hydrogen-bond donors (Lipinski definition) is 2. The first-order valence-corrected chi connectivity index (χ1v) is 6.51. The van der Waals surface area contributed by atoms with Gasteiger partial charge in [-0.15, -0.1) is 0 Å². The van der Waals surface area contributed by atoms with Crippen molar-refractivity contribution in [2.45, 2.75) is 12.8 Å². The molecule has 1 atom stereocenters. The van der Waals surface area contributed by atoms with Crippen LogP contribution in [0.1, 0.15) is 23.2 Å². The van der Waals surface area contributed by atoms with Crippen molar-refractivity contribution in [3.05, 3.63) is 39.7 Å². The molecule has 2 rings (SSSR count). The van der Waals surface area contributed by atoms with Crippen molar-refractivity contribution in [3.63, 3.8) is 0 Å². The third kappa shape index (κ3) is 3.51. The monoisotopic (exact) mass is 281 g/mol. The number of hydrogen-bond acceptors (Lipinski definition) is 4. The number of halogens is 1. The van der Waals surface area contributed by atoms with E-state index in [1.807, 2.05) is 0 Å². The van der Waals surface area contributed by atoms with Gasteiger partial charge in [-0.2, -0.15) is 0 Å². The maximum absolute atomic E-state index is 13.2. The number of carbonyl (C=O) groups excluding carboxylic acids is 1. The van der Waals surface area contributed by atoms with Crippen molar-refractivity contribution in [1.29, 1.82) is 0 Å². The van der Waals surface area contributed by atoms with Crippen molar-refractivity contribution in [1.82, 2.24) is 10.6 Å². The quantitative estimate of drug-likeness (QED) is 0.646. The van der Waals surface area contributed by atoms with Gasteiger partial charge in [-0.3, -0.25) is 14.9 Å². The third-order valence-electron chi connectivity index (χ3n) is 3.35. The highest BCUT2D eigenvalue weighted by Crippen LogP contribution is 2.19. The molecule has 2 N–H and O–H groups in total. The first-order chi connectivity index (χ1) is 9.58. The van der Waals surface area contributed by atoms with Gasteiger partial charge in [0.2, 0.25) is 0 Å². The number of rotatable bonds is 4. The number of nitrogens with zero attached hydrogens (tertiary/aromatic N) is 1. The molecule has 0 bridgehead atoms. The fourth-order valence-electron chi connectivity index (χ4n) is 2.28. The summed E-state index contributed by atoms with van der Waals surface area (Å²) in [5.74, 6) is -0.970. The molecule has 1 fully saturated rings. The van der Waals surface area contributed by atoms with Gasteiger partial charge < -0.3 is 10.6 Å². The van der Waals surface area contributed by atoms with E-state index in [2.05, 4.69) is 10.6 Å². The Balaban J connectivity index is 2.04. The lowest BCUT2D eigenvalue weighted by Gasteiger charge is -2.22. The second-order valence-corrected chi connectivity index (χ2v) is 4.84. The lowest BCUT2D eigenvalue weighted by Crippen LogP contribution is -2.38. The van der Waals surface area contributed by atoms with Crippen LogP contribution in [0, 0.1) is 21.8 Å². The van der Waals surface area contributed by atoms with Gasteiger partial charge in [0, 0.05) is 12.6 Å². The average Bonchev–Trinajstić information content (AvgIpc) is 2.45. The molecule has 1 saturated heterocycles. The SMILES string of the molecule is O=C(NCC1CCCNC1)c1cc(F)ccc1[N+](=O)[O-]. The van der Waals surface area contributed by atoms with Crippen molar-refractivity contribution in [2.24, 2.45) is 5.92 Å². The number of nitro groups is 1. The molecule has 1 amide bonds. The minimum absolute atomic E-state index is 0.237. The van der Waals surface area contributed by atoms with E-state index in [1.54, 1.807) is 0 Å². The normalized spacial score (nSPS) is 18.6. The zero-order valence-electron chi connectivity index (χ0n) is 10.9. The van der Waals surface area contributed by atoms with Crippen LogP contribution < -0.4 is 10.6 Å². The number of carbonyl (C=O) groups is 1. The van der Waals surface area contributed by atoms with Gasteiger partial charge >= 0.3 is 0 Å². The molecule has 0 aromatic heterocycles. The van der Waals surface area contributed by atoms with Gasteiger partial charge in [-0.25, -0.2) is 4.39 Å². The van der Waals surface area contributed by atoms with Crippen molar-refractivity contribution in [3.8, 4) is 0 Å². The van der Waals surface area contributed by atoms with E-state index in [0.717, 1.165) is 44.1 Å². The highest BCUT2D eigenvalue weighted by molar-refractivity contribution is 5.98. The largest absolute Gasteiger partial charge is 0.351 e. The summed E-state index contributed by atoms with van der Waals surface area (Å²) in [6.45, 7) is 2.21. The molecule has 0 spiro atoms. The second kappa shape index (κ2) is 6.42. The van der Waals surface area contributed by atoms with Crippen LogP contribution in [0.15, 0.2) is 18.2 Å². The van der Waals surface area contributed by atoms with E-state index < -0.39 is 16.6 Å². The van der Waals surface area contributed by atoms with Crippen LogP contribution in [0.2, 0.25) is 0 Å². The standard InChI is InChI=1S/C13H16FN3O3/c14-10-3-4-12(17(19)20)11(6-10)13(18)16-8-9-2-1-5-15-7-9/h3-4,6,9,15H,1-2,5,7-8H2,(H,16,18). The Morgan fingerprint density at radius 1 is 1.55 bits per heavy atom. The summed E-state index contributed by atoms with van der Waals surface area (Å²) in [4.78, 5) is 22.1. The summed E-state index contributed by atoms with van der Waals surface area (Å²) >= 11 is 0. The van der Waals surface area contributed by atoms with Gasteiger partial charge in [-0.1, -0.05) is 0 Å². The molecule has 6 nitrogen and oxygen atoms in total.